The highest BCUT2D eigenvalue weighted by Crippen LogP contribution is 2.17. The molecule has 0 heterocycles. The zero-order chi connectivity index (χ0) is 11.4. The molecule has 0 aromatic heterocycles. The van der Waals surface area contributed by atoms with Gasteiger partial charge in [-0.05, 0) is 6.42 Å². The zero-order valence-electron chi connectivity index (χ0n) is 9.63. The van der Waals surface area contributed by atoms with Crippen molar-refractivity contribution in [1.82, 2.24) is 0 Å². The lowest BCUT2D eigenvalue weighted by Gasteiger charge is -2.16. The molecule has 0 rings (SSSR count). The predicted octanol–water partition coefficient (Wildman–Crippen LogP) is 2.47. The number of allylic oxidation sites excluding steroid dienone is 1. The van der Waals surface area contributed by atoms with Crippen molar-refractivity contribution in [3.8, 4) is 0 Å². The summed E-state index contributed by atoms with van der Waals surface area (Å²) >= 11 is 0. The molecule has 0 aliphatic carbocycles. The highest BCUT2D eigenvalue weighted by molar-refractivity contribution is 5.94. The van der Waals surface area contributed by atoms with Crippen molar-refractivity contribution >= 4 is 5.78 Å². The summed E-state index contributed by atoms with van der Waals surface area (Å²) in [6, 6.07) is 0. The molecular formula is C11H20O3. The van der Waals surface area contributed by atoms with Gasteiger partial charge >= 0.3 is 0 Å². The minimum Gasteiger partial charge on any atom is -0.509 e. The lowest BCUT2D eigenvalue weighted by molar-refractivity contribution is -0.121. The number of ketones is 1. The Morgan fingerprint density at radius 1 is 1.50 bits per heavy atom. The first kappa shape index (κ1) is 13.2. The summed E-state index contributed by atoms with van der Waals surface area (Å²) in [7, 11) is 1.51. The molecule has 0 aromatic carbocycles. The van der Waals surface area contributed by atoms with Crippen LogP contribution in [0.5, 0.6) is 0 Å². The van der Waals surface area contributed by atoms with Crippen LogP contribution in [0.1, 0.15) is 34.1 Å². The minimum absolute atomic E-state index is 0.00919. The quantitative estimate of drug-likeness (QED) is 0.560. The summed E-state index contributed by atoms with van der Waals surface area (Å²) in [5, 5.41) is 9.56. The molecule has 0 bridgehead atoms. The summed E-state index contributed by atoms with van der Waals surface area (Å²) in [4.78, 5) is 11.5. The van der Waals surface area contributed by atoms with Gasteiger partial charge in [0.1, 0.15) is 11.9 Å². The van der Waals surface area contributed by atoms with Crippen molar-refractivity contribution in [2.75, 3.05) is 7.11 Å². The third-order valence-electron chi connectivity index (χ3n) is 2.00. The second kappa shape index (κ2) is 5.15. The molecule has 0 amide bonds. The molecule has 0 aromatic rings. The molecule has 1 N–H and O–H groups in total. The number of rotatable bonds is 4. The fourth-order valence-corrected chi connectivity index (χ4v) is 0.940. The molecule has 0 aliphatic heterocycles. The van der Waals surface area contributed by atoms with Crippen LogP contribution in [0.2, 0.25) is 0 Å². The Morgan fingerprint density at radius 3 is 2.29 bits per heavy atom. The number of hydrogen-bond acceptors (Lipinski definition) is 3. The fraction of sp³-hybridized carbons (Fsp3) is 0.727. The van der Waals surface area contributed by atoms with Crippen LogP contribution in [-0.4, -0.2) is 24.1 Å². The van der Waals surface area contributed by atoms with E-state index in [4.69, 9.17) is 4.74 Å². The third-order valence-corrected chi connectivity index (χ3v) is 2.00. The van der Waals surface area contributed by atoms with Gasteiger partial charge in [-0.15, -0.1) is 0 Å². The number of ether oxygens (including phenoxy) is 1. The van der Waals surface area contributed by atoms with Gasteiger partial charge in [0.15, 0.2) is 5.78 Å². The van der Waals surface area contributed by atoms with Crippen LogP contribution < -0.4 is 0 Å². The smallest absolute Gasteiger partial charge is 0.164 e. The molecule has 0 spiro atoms. The summed E-state index contributed by atoms with van der Waals surface area (Å²) in [6.07, 6.45) is 1.54. The predicted molar refractivity (Wildman–Crippen MR) is 56.3 cm³/mol. The molecule has 14 heavy (non-hydrogen) atoms. The molecule has 3 heteroatoms. The van der Waals surface area contributed by atoms with Crippen LogP contribution in [0.4, 0.5) is 0 Å². The van der Waals surface area contributed by atoms with Crippen molar-refractivity contribution in [2.24, 2.45) is 5.41 Å². The standard InChI is InChI=1S/C11H20O3/c1-6-9(14-5)8(12)7-10(13)11(2,3)4/h7,9,12H,6H2,1-5H3/b8-7-. The number of carbonyl (C=O) groups excluding carboxylic acids is 1. The lowest BCUT2D eigenvalue weighted by Crippen LogP contribution is -2.21. The van der Waals surface area contributed by atoms with E-state index < -0.39 is 5.41 Å². The van der Waals surface area contributed by atoms with Crippen LogP contribution in [-0.2, 0) is 9.53 Å². The molecule has 82 valence electrons. The minimum atomic E-state index is -0.458. The zero-order valence-corrected chi connectivity index (χ0v) is 9.63. The van der Waals surface area contributed by atoms with Gasteiger partial charge in [0.2, 0.25) is 0 Å². The van der Waals surface area contributed by atoms with E-state index in [1.54, 1.807) is 0 Å². The maximum Gasteiger partial charge on any atom is 0.164 e. The van der Waals surface area contributed by atoms with E-state index in [-0.39, 0.29) is 17.6 Å². The molecule has 0 fully saturated rings. The van der Waals surface area contributed by atoms with Gasteiger partial charge in [0.05, 0.1) is 0 Å². The molecule has 0 saturated carbocycles. The second-order valence-electron chi connectivity index (χ2n) is 4.32. The SMILES string of the molecule is CCC(OC)/C(O)=C/C(=O)C(C)(C)C. The number of hydrogen-bond donors (Lipinski definition) is 1. The number of methoxy groups -OCH3 is 1. The molecule has 1 unspecified atom stereocenters. The molecule has 3 nitrogen and oxygen atoms in total. The highest BCUT2D eigenvalue weighted by Gasteiger charge is 2.21. The molecular weight excluding hydrogens is 180 g/mol. The van der Waals surface area contributed by atoms with Gasteiger partial charge in [-0.3, -0.25) is 4.79 Å². The Morgan fingerprint density at radius 2 is 2.00 bits per heavy atom. The van der Waals surface area contributed by atoms with Crippen LogP contribution in [0.15, 0.2) is 11.8 Å². The van der Waals surface area contributed by atoms with Gasteiger partial charge in [-0.1, -0.05) is 27.7 Å². The van der Waals surface area contributed by atoms with Gasteiger partial charge in [-0.25, -0.2) is 0 Å². The maximum atomic E-state index is 11.5. The Labute approximate surface area is 85.8 Å². The first-order valence-electron chi connectivity index (χ1n) is 4.80. The van der Waals surface area contributed by atoms with Crippen LogP contribution in [0.3, 0.4) is 0 Å². The van der Waals surface area contributed by atoms with Crippen molar-refractivity contribution < 1.29 is 14.6 Å². The van der Waals surface area contributed by atoms with E-state index in [0.717, 1.165) is 0 Å². The van der Waals surface area contributed by atoms with Gasteiger partial charge in [0, 0.05) is 18.6 Å². The lowest BCUT2D eigenvalue weighted by atomic mass is 9.90. The molecule has 1 atom stereocenters. The van der Waals surface area contributed by atoms with Crippen molar-refractivity contribution in [2.45, 2.75) is 40.2 Å². The van der Waals surface area contributed by atoms with Crippen molar-refractivity contribution in [1.29, 1.82) is 0 Å². The van der Waals surface area contributed by atoms with E-state index in [2.05, 4.69) is 0 Å². The summed E-state index contributed by atoms with van der Waals surface area (Å²) in [5.74, 6) is -0.0829. The monoisotopic (exact) mass is 200 g/mol. The molecule has 0 radical (unpaired) electrons. The Balaban J connectivity index is 4.59. The number of aliphatic hydroxyl groups is 1. The summed E-state index contributed by atoms with van der Waals surface area (Å²) in [6.45, 7) is 7.33. The Bertz CT molecular complexity index is 219. The maximum absolute atomic E-state index is 11.5. The van der Waals surface area contributed by atoms with Gasteiger partial charge in [-0.2, -0.15) is 0 Å². The van der Waals surface area contributed by atoms with Crippen LogP contribution in [0.25, 0.3) is 0 Å². The Hall–Kier alpha value is -0.830. The highest BCUT2D eigenvalue weighted by atomic mass is 16.5. The van der Waals surface area contributed by atoms with Crippen molar-refractivity contribution in [3.05, 3.63) is 11.8 Å². The second-order valence-corrected chi connectivity index (χ2v) is 4.32. The van der Waals surface area contributed by atoms with Crippen LogP contribution in [0, 0.1) is 5.41 Å². The first-order chi connectivity index (χ1) is 6.32. The van der Waals surface area contributed by atoms with E-state index >= 15 is 0 Å². The van der Waals surface area contributed by atoms with E-state index in [9.17, 15) is 9.90 Å². The topological polar surface area (TPSA) is 46.5 Å². The van der Waals surface area contributed by atoms with Gasteiger partial charge < -0.3 is 9.84 Å². The summed E-state index contributed by atoms with van der Waals surface area (Å²) in [5.41, 5.74) is -0.458. The Kier molecular flexibility index (Phi) is 4.85. The van der Waals surface area contributed by atoms with E-state index in [1.165, 1.54) is 13.2 Å². The summed E-state index contributed by atoms with van der Waals surface area (Å²) < 4.78 is 5.00. The average Bonchev–Trinajstić information content (AvgIpc) is 2.04. The largest absolute Gasteiger partial charge is 0.509 e. The van der Waals surface area contributed by atoms with Crippen LogP contribution >= 0.6 is 0 Å². The normalized spacial score (nSPS) is 15.4. The number of aliphatic hydroxyl groups excluding tert-OH is 1. The first-order valence-corrected chi connectivity index (χ1v) is 4.80. The third kappa shape index (κ3) is 3.92. The van der Waals surface area contributed by atoms with E-state index in [1.807, 2.05) is 27.7 Å². The van der Waals surface area contributed by atoms with Gasteiger partial charge in [0.25, 0.3) is 0 Å². The molecule has 0 aliphatic rings. The average molecular weight is 200 g/mol. The molecule has 0 saturated heterocycles. The number of carbonyl (C=O) groups is 1. The van der Waals surface area contributed by atoms with Crippen molar-refractivity contribution in [3.63, 3.8) is 0 Å². The fourth-order valence-electron chi connectivity index (χ4n) is 0.940. The van der Waals surface area contributed by atoms with E-state index in [0.29, 0.717) is 6.42 Å².